The molecule has 2 N–H and O–H groups in total. The first-order valence-corrected chi connectivity index (χ1v) is 7.23. The predicted molar refractivity (Wildman–Crippen MR) is 65.8 cm³/mol. The molecule has 0 unspecified atom stereocenters. The average molecular weight is 269 g/mol. The zero-order valence-corrected chi connectivity index (χ0v) is 10.7. The van der Waals surface area contributed by atoms with Gasteiger partial charge in [-0.15, -0.1) is 0 Å². The standard InChI is InChI=1S/C12H15NO4S/c13-12(14)7-9-1-3-10(4-2-9)18(15,16)11-5-6-17-8-11/h1-4,11H,5-8H2,(H2,13,14)/t11-/m0/s1. The molecule has 0 aromatic heterocycles. The first-order valence-electron chi connectivity index (χ1n) is 5.69. The third kappa shape index (κ3) is 2.70. The van der Waals surface area contributed by atoms with Gasteiger partial charge in [0.05, 0.1) is 23.2 Å². The smallest absolute Gasteiger partial charge is 0.221 e. The van der Waals surface area contributed by atoms with Gasteiger partial charge in [-0.1, -0.05) is 12.1 Å². The number of carbonyl (C=O) groups excluding carboxylic acids is 1. The van der Waals surface area contributed by atoms with Gasteiger partial charge < -0.3 is 10.5 Å². The number of primary amides is 1. The first-order chi connectivity index (χ1) is 8.50. The molecule has 1 aliphatic rings. The zero-order chi connectivity index (χ0) is 13.2. The van der Waals surface area contributed by atoms with Gasteiger partial charge in [-0.25, -0.2) is 8.42 Å². The average Bonchev–Trinajstić information content (AvgIpc) is 2.83. The zero-order valence-electron chi connectivity index (χ0n) is 9.83. The number of benzene rings is 1. The molecule has 1 aliphatic heterocycles. The lowest BCUT2D eigenvalue weighted by molar-refractivity contribution is -0.117. The van der Waals surface area contributed by atoms with Crippen LogP contribution in [0.2, 0.25) is 0 Å². The topological polar surface area (TPSA) is 86.5 Å². The first kappa shape index (κ1) is 13.0. The summed E-state index contributed by atoms with van der Waals surface area (Å²) in [6.45, 7) is 0.745. The molecule has 2 rings (SSSR count). The molecule has 18 heavy (non-hydrogen) atoms. The summed E-state index contributed by atoms with van der Waals surface area (Å²) < 4.78 is 29.5. The van der Waals surface area contributed by atoms with E-state index in [4.69, 9.17) is 10.5 Å². The number of hydrogen-bond donors (Lipinski definition) is 1. The Morgan fingerprint density at radius 2 is 2.00 bits per heavy atom. The van der Waals surface area contributed by atoms with Crippen molar-refractivity contribution in [1.82, 2.24) is 0 Å². The molecule has 1 amide bonds. The minimum absolute atomic E-state index is 0.118. The lowest BCUT2D eigenvalue weighted by Crippen LogP contribution is -2.21. The van der Waals surface area contributed by atoms with Crippen molar-refractivity contribution < 1.29 is 17.9 Å². The minimum Gasteiger partial charge on any atom is -0.380 e. The van der Waals surface area contributed by atoms with E-state index in [0.717, 1.165) is 0 Å². The van der Waals surface area contributed by atoms with Crippen LogP contribution in [0.3, 0.4) is 0 Å². The van der Waals surface area contributed by atoms with Gasteiger partial charge in [-0.3, -0.25) is 4.79 Å². The summed E-state index contributed by atoms with van der Waals surface area (Å²) >= 11 is 0. The van der Waals surface area contributed by atoms with Crippen molar-refractivity contribution >= 4 is 15.7 Å². The van der Waals surface area contributed by atoms with Crippen LogP contribution in [-0.4, -0.2) is 32.8 Å². The van der Waals surface area contributed by atoms with Crippen LogP contribution in [0.15, 0.2) is 29.2 Å². The van der Waals surface area contributed by atoms with Gasteiger partial charge in [-0.05, 0) is 24.1 Å². The van der Waals surface area contributed by atoms with Crippen molar-refractivity contribution in [2.24, 2.45) is 5.73 Å². The highest BCUT2D eigenvalue weighted by Gasteiger charge is 2.30. The van der Waals surface area contributed by atoms with Crippen molar-refractivity contribution in [2.45, 2.75) is 23.0 Å². The van der Waals surface area contributed by atoms with Crippen molar-refractivity contribution in [3.63, 3.8) is 0 Å². The Morgan fingerprint density at radius 1 is 1.33 bits per heavy atom. The summed E-state index contributed by atoms with van der Waals surface area (Å²) in [4.78, 5) is 11.0. The summed E-state index contributed by atoms with van der Waals surface area (Å²) in [5, 5.41) is -0.459. The Bertz CT molecular complexity index is 530. The molecule has 1 heterocycles. The second-order valence-electron chi connectivity index (χ2n) is 4.32. The molecule has 1 atom stereocenters. The number of nitrogens with two attached hydrogens (primary N) is 1. The third-order valence-electron chi connectivity index (χ3n) is 2.96. The highest BCUT2D eigenvalue weighted by Crippen LogP contribution is 2.22. The Morgan fingerprint density at radius 3 is 2.50 bits per heavy atom. The second kappa shape index (κ2) is 5.07. The van der Waals surface area contributed by atoms with E-state index in [2.05, 4.69) is 0 Å². The molecule has 1 aromatic carbocycles. The van der Waals surface area contributed by atoms with E-state index in [-0.39, 0.29) is 17.9 Å². The Kier molecular flexibility index (Phi) is 3.68. The molecule has 0 aliphatic carbocycles. The monoisotopic (exact) mass is 269 g/mol. The molecule has 0 bridgehead atoms. The van der Waals surface area contributed by atoms with Crippen molar-refractivity contribution in [3.8, 4) is 0 Å². The number of amides is 1. The SMILES string of the molecule is NC(=O)Cc1ccc(S(=O)(=O)[C@H]2CCOC2)cc1. The van der Waals surface area contributed by atoms with E-state index < -0.39 is 21.0 Å². The number of sulfone groups is 1. The molecule has 98 valence electrons. The molecule has 0 saturated carbocycles. The number of carbonyl (C=O) groups is 1. The molecule has 1 aromatic rings. The van der Waals surface area contributed by atoms with Gasteiger partial charge in [-0.2, -0.15) is 0 Å². The normalized spacial score (nSPS) is 19.9. The number of ether oxygens (including phenoxy) is 1. The van der Waals surface area contributed by atoms with E-state index in [9.17, 15) is 13.2 Å². The molecule has 0 radical (unpaired) electrons. The predicted octanol–water partition coefficient (Wildman–Crippen LogP) is 0.277. The third-order valence-corrected chi connectivity index (χ3v) is 5.14. The lowest BCUT2D eigenvalue weighted by atomic mass is 10.1. The van der Waals surface area contributed by atoms with Gasteiger partial charge in [0.15, 0.2) is 9.84 Å². The molecule has 0 spiro atoms. The van der Waals surface area contributed by atoms with Crippen LogP contribution in [0.25, 0.3) is 0 Å². The van der Waals surface area contributed by atoms with Gasteiger partial charge in [0.2, 0.25) is 5.91 Å². The van der Waals surface area contributed by atoms with Crippen molar-refractivity contribution in [3.05, 3.63) is 29.8 Å². The van der Waals surface area contributed by atoms with Crippen LogP contribution >= 0.6 is 0 Å². The van der Waals surface area contributed by atoms with Crippen molar-refractivity contribution in [2.75, 3.05) is 13.2 Å². The summed E-state index contributed by atoms with van der Waals surface area (Å²) in [7, 11) is -3.33. The van der Waals surface area contributed by atoms with Crippen LogP contribution in [-0.2, 0) is 25.8 Å². The van der Waals surface area contributed by atoms with E-state index in [1.54, 1.807) is 12.1 Å². The van der Waals surface area contributed by atoms with Crippen LogP contribution in [0.5, 0.6) is 0 Å². The Hall–Kier alpha value is -1.40. The summed E-state index contributed by atoms with van der Waals surface area (Å²) in [6, 6.07) is 6.28. The van der Waals surface area contributed by atoms with Crippen LogP contribution in [0.4, 0.5) is 0 Å². The summed E-state index contributed by atoms with van der Waals surface area (Å²) in [6.07, 6.45) is 0.651. The molecule has 6 heteroatoms. The maximum atomic E-state index is 12.2. The van der Waals surface area contributed by atoms with Crippen LogP contribution in [0, 0.1) is 0 Å². The van der Waals surface area contributed by atoms with E-state index in [1.165, 1.54) is 12.1 Å². The Labute approximate surface area is 106 Å². The number of hydrogen-bond acceptors (Lipinski definition) is 4. The minimum atomic E-state index is -3.33. The highest BCUT2D eigenvalue weighted by atomic mass is 32.2. The van der Waals surface area contributed by atoms with Gasteiger partial charge in [0.25, 0.3) is 0 Å². The Balaban J connectivity index is 2.20. The second-order valence-corrected chi connectivity index (χ2v) is 6.55. The van der Waals surface area contributed by atoms with E-state index in [1.807, 2.05) is 0 Å². The summed E-state index contributed by atoms with van der Waals surface area (Å²) in [5.74, 6) is -0.435. The largest absolute Gasteiger partial charge is 0.380 e. The lowest BCUT2D eigenvalue weighted by Gasteiger charge is -2.10. The summed E-state index contributed by atoms with van der Waals surface area (Å²) in [5.41, 5.74) is 5.79. The fourth-order valence-electron chi connectivity index (χ4n) is 1.95. The molecular formula is C12H15NO4S. The highest BCUT2D eigenvalue weighted by molar-refractivity contribution is 7.92. The van der Waals surface area contributed by atoms with E-state index >= 15 is 0 Å². The molecule has 1 saturated heterocycles. The van der Waals surface area contributed by atoms with Gasteiger partial charge in [0, 0.05) is 6.61 Å². The maximum absolute atomic E-state index is 12.2. The number of rotatable bonds is 4. The van der Waals surface area contributed by atoms with E-state index in [0.29, 0.717) is 18.6 Å². The molecule has 1 fully saturated rings. The molecule has 5 nitrogen and oxygen atoms in total. The van der Waals surface area contributed by atoms with Crippen LogP contribution in [0.1, 0.15) is 12.0 Å². The quantitative estimate of drug-likeness (QED) is 0.850. The fraction of sp³-hybridized carbons (Fsp3) is 0.417. The van der Waals surface area contributed by atoms with Crippen LogP contribution < -0.4 is 5.73 Å². The maximum Gasteiger partial charge on any atom is 0.221 e. The van der Waals surface area contributed by atoms with Gasteiger partial charge in [0.1, 0.15) is 0 Å². The van der Waals surface area contributed by atoms with Crippen molar-refractivity contribution in [1.29, 1.82) is 0 Å². The fourth-order valence-corrected chi connectivity index (χ4v) is 3.53. The van der Waals surface area contributed by atoms with Gasteiger partial charge >= 0.3 is 0 Å². The molecular weight excluding hydrogens is 254 g/mol.